The maximum Gasteiger partial charge on any atom is 0.268 e. The first kappa shape index (κ1) is 9.56. The number of rotatable bonds is 3. The molecule has 0 unspecified atom stereocenters. The van der Waals surface area contributed by atoms with Gasteiger partial charge in [0.05, 0.1) is 24.7 Å². The number of carbonyl (C=O) groups excluding carboxylic acids is 1. The van der Waals surface area contributed by atoms with E-state index in [0.29, 0.717) is 0 Å². The Morgan fingerprint density at radius 2 is 2.23 bits per heavy atom. The van der Waals surface area contributed by atoms with Crippen LogP contribution in [0.1, 0.15) is 22.3 Å². The molecule has 1 aromatic heterocycles. The molecule has 1 atom stereocenters. The molecule has 6 nitrogen and oxygen atoms in total. The van der Waals surface area contributed by atoms with Crippen molar-refractivity contribution >= 4 is 5.91 Å². The largest absolute Gasteiger partial charge is 0.393 e. The Labute approximate surface area is 74.1 Å². The van der Waals surface area contributed by atoms with Crippen molar-refractivity contribution in [1.82, 2.24) is 9.97 Å². The fourth-order valence-corrected chi connectivity index (χ4v) is 0.731. The average Bonchev–Trinajstić information content (AvgIpc) is 2.17. The van der Waals surface area contributed by atoms with Crippen LogP contribution in [0.2, 0.25) is 0 Å². The number of nitrogens with zero attached hydrogens (tertiary/aromatic N) is 2. The molecule has 0 aliphatic rings. The number of aliphatic hydroxyl groups excluding tert-OH is 2. The summed E-state index contributed by atoms with van der Waals surface area (Å²) >= 11 is 0. The predicted molar refractivity (Wildman–Crippen MR) is 42.6 cm³/mol. The first-order chi connectivity index (χ1) is 6.15. The molecule has 13 heavy (non-hydrogen) atoms. The van der Waals surface area contributed by atoms with Crippen molar-refractivity contribution in [2.45, 2.75) is 6.10 Å². The summed E-state index contributed by atoms with van der Waals surface area (Å²) in [6, 6.07) is 0. The number of aliphatic hydroxyl groups is 2. The summed E-state index contributed by atoms with van der Waals surface area (Å²) in [6.45, 7) is -0.440. The van der Waals surface area contributed by atoms with Gasteiger partial charge in [-0.1, -0.05) is 0 Å². The van der Waals surface area contributed by atoms with Crippen molar-refractivity contribution in [2.75, 3.05) is 6.61 Å². The summed E-state index contributed by atoms with van der Waals surface area (Å²) in [5, 5.41) is 17.6. The van der Waals surface area contributed by atoms with E-state index in [0.717, 1.165) is 6.20 Å². The second-order valence-electron chi connectivity index (χ2n) is 2.39. The molecule has 1 heterocycles. The monoisotopic (exact) mass is 183 g/mol. The molecule has 70 valence electrons. The van der Waals surface area contributed by atoms with Crippen LogP contribution in [0.3, 0.4) is 0 Å². The fourth-order valence-electron chi connectivity index (χ4n) is 0.731. The summed E-state index contributed by atoms with van der Waals surface area (Å²) in [7, 11) is 0. The van der Waals surface area contributed by atoms with Gasteiger partial charge >= 0.3 is 0 Å². The lowest BCUT2D eigenvalue weighted by Gasteiger charge is -2.04. The van der Waals surface area contributed by atoms with Crippen molar-refractivity contribution in [3.8, 4) is 0 Å². The summed E-state index contributed by atoms with van der Waals surface area (Å²) in [5.74, 6) is -0.683. The molecule has 0 spiro atoms. The van der Waals surface area contributed by atoms with Gasteiger partial charge in [0.15, 0.2) is 0 Å². The van der Waals surface area contributed by atoms with Crippen LogP contribution in [0, 0.1) is 0 Å². The van der Waals surface area contributed by atoms with Gasteiger partial charge in [0.25, 0.3) is 5.91 Å². The van der Waals surface area contributed by atoms with E-state index in [1.807, 2.05) is 0 Å². The molecule has 0 aliphatic carbocycles. The molecule has 0 saturated carbocycles. The number of nitrogens with two attached hydrogens (primary N) is 1. The van der Waals surface area contributed by atoms with E-state index < -0.39 is 18.6 Å². The SMILES string of the molecule is NC(=O)c1cnc([C@H](O)CO)cn1. The van der Waals surface area contributed by atoms with Gasteiger partial charge in [-0.2, -0.15) is 0 Å². The van der Waals surface area contributed by atoms with Gasteiger partial charge in [0.2, 0.25) is 0 Å². The van der Waals surface area contributed by atoms with Crippen molar-refractivity contribution in [3.63, 3.8) is 0 Å². The number of hydrogen-bond acceptors (Lipinski definition) is 5. The number of carbonyl (C=O) groups is 1. The van der Waals surface area contributed by atoms with Gasteiger partial charge in [0.1, 0.15) is 11.8 Å². The van der Waals surface area contributed by atoms with Crippen molar-refractivity contribution in [3.05, 3.63) is 23.8 Å². The second kappa shape index (κ2) is 3.92. The summed E-state index contributed by atoms with van der Waals surface area (Å²) in [5.41, 5.74) is 5.14. The molecule has 0 aromatic carbocycles. The highest BCUT2D eigenvalue weighted by Gasteiger charge is 2.09. The number of primary amides is 1. The fraction of sp³-hybridized carbons (Fsp3) is 0.286. The zero-order chi connectivity index (χ0) is 9.84. The Morgan fingerprint density at radius 3 is 2.62 bits per heavy atom. The lowest BCUT2D eigenvalue weighted by atomic mass is 10.3. The van der Waals surface area contributed by atoms with Crippen LogP contribution in [-0.2, 0) is 0 Å². The van der Waals surface area contributed by atoms with Gasteiger partial charge < -0.3 is 15.9 Å². The first-order valence-electron chi connectivity index (χ1n) is 3.56. The standard InChI is InChI=1S/C7H9N3O3/c8-7(13)5-2-9-4(1-10-5)6(12)3-11/h1-2,6,11-12H,3H2,(H2,8,13)/t6-/m1/s1. The van der Waals surface area contributed by atoms with E-state index in [1.165, 1.54) is 6.20 Å². The van der Waals surface area contributed by atoms with Gasteiger partial charge in [-0.25, -0.2) is 4.98 Å². The van der Waals surface area contributed by atoms with Crippen LogP contribution in [0.5, 0.6) is 0 Å². The molecule has 0 bridgehead atoms. The quantitative estimate of drug-likeness (QED) is 0.534. The molecular weight excluding hydrogens is 174 g/mol. The van der Waals surface area contributed by atoms with Gasteiger partial charge in [-0.05, 0) is 0 Å². The van der Waals surface area contributed by atoms with Crippen LogP contribution in [-0.4, -0.2) is 32.7 Å². The van der Waals surface area contributed by atoms with Crippen LogP contribution in [0.25, 0.3) is 0 Å². The number of aromatic nitrogens is 2. The van der Waals surface area contributed by atoms with Crippen LogP contribution >= 0.6 is 0 Å². The Hall–Kier alpha value is -1.53. The smallest absolute Gasteiger partial charge is 0.268 e. The third-order valence-corrected chi connectivity index (χ3v) is 1.44. The Kier molecular flexibility index (Phi) is 2.88. The molecule has 0 saturated heterocycles. The highest BCUT2D eigenvalue weighted by molar-refractivity contribution is 5.90. The van der Waals surface area contributed by atoms with E-state index in [-0.39, 0.29) is 11.4 Å². The molecule has 1 amide bonds. The first-order valence-corrected chi connectivity index (χ1v) is 3.56. The third kappa shape index (κ3) is 2.20. The van der Waals surface area contributed by atoms with Crippen molar-refractivity contribution in [2.24, 2.45) is 5.73 Å². The third-order valence-electron chi connectivity index (χ3n) is 1.44. The van der Waals surface area contributed by atoms with E-state index >= 15 is 0 Å². The Bertz CT molecular complexity index is 298. The summed E-state index contributed by atoms with van der Waals surface area (Å²) in [6.07, 6.45) is 1.27. The lowest BCUT2D eigenvalue weighted by Crippen LogP contribution is -2.14. The summed E-state index contributed by atoms with van der Waals surface area (Å²) in [4.78, 5) is 17.9. The minimum Gasteiger partial charge on any atom is -0.393 e. The minimum absolute atomic E-state index is 0.0221. The van der Waals surface area contributed by atoms with Crippen LogP contribution < -0.4 is 5.73 Å². The van der Waals surface area contributed by atoms with Gasteiger partial charge in [-0.3, -0.25) is 9.78 Å². The number of amides is 1. The van der Waals surface area contributed by atoms with Crippen LogP contribution in [0.4, 0.5) is 0 Å². The zero-order valence-corrected chi connectivity index (χ0v) is 6.71. The molecule has 6 heteroatoms. The second-order valence-corrected chi connectivity index (χ2v) is 2.39. The van der Waals surface area contributed by atoms with Gasteiger partial charge in [-0.15, -0.1) is 0 Å². The van der Waals surface area contributed by atoms with E-state index in [2.05, 4.69) is 9.97 Å². The zero-order valence-electron chi connectivity index (χ0n) is 6.71. The van der Waals surface area contributed by atoms with E-state index in [1.54, 1.807) is 0 Å². The van der Waals surface area contributed by atoms with Gasteiger partial charge in [0, 0.05) is 0 Å². The minimum atomic E-state index is -1.07. The molecule has 1 aromatic rings. The Morgan fingerprint density at radius 1 is 1.54 bits per heavy atom. The lowest BCUT2D eigenvalue weighted by molar-refractivity contribution is 0.0915. The van der Waals surface area contributed by atoms with Crippen LogP contribution in [0.15, 0.2) is 12.4 Å². The predicted octanol–water partition coefficient (Wildman–Crippen LogP) is -1.40. The molecule has 1 rings (SSSR count). The molecule has 4 N–H and O–H groups in total. The maximum absolute atomic E-state index is 10.6. The molecular formula is C7H9N3O3. The topological polar surface area (TPSA) is 109 Å². The van der Waals surface area contributed by atoms with E-state index in [9.17, 15) is 4.79 Å². The van der Waals surface area contributed by atoms with Crippen molar-refractivity contribution < 1.29 is 15.0 Å². The maximum atomic E-state index is 10.6. The highest BCUT2D eigenvalue weighted by Crippen LogP contribution is 2.06. The number of hydrogen-bond donors (Lipinski definition) is 3. The summed E-state index contributed by atoms with van der Waals surface area (Å²) < 4.78 is 0. The molecule has 0 aliphatic heterocycles. The van der Waals surface area contributed by atoms with Crippen molar-refractivity contribution in [1.29, 1.82) is 0 Å². The average molecular weight is 183 g/mol. The highest BCUT2D eigenvalue weighted by atomic mass is 16.3. The normalized spacial score (nSPS) is 12.5. The Balaban J connectivity index is 2.87. The molecule has 0 fully saturated rings. The van der Waals surface area contributed by atoms with E-state index in [4.69, 9.17) is 15.9 Å². The molecule has 0 radical (unpaired) electrons.